The molecule has 0 saturated carbocycles. The highest BCUT2D eigenvalue weighted by Gasteiger charge is 2.17. The number of nitrogens with two attached hydrogens (primary N) is 2. The van der Waals surface area contributed by atoms with Crippen LogP contribution in [0.4, 0.5) is 11.4 Å². The molecule has 0 aliphatic rings. The number of nitrogens with one attached hydrogen (secondary N) is 1. The monoisotopic (exact) mass is 287 g/mol. The molecular weight excluding hydrogens is 266 g/mol. The first-order chi connectivity index (χ1) is 8.64. The summed E-state index contributed by atoms with van der Waals surface area (Å²) < 4.78 is 28.2. The summed E-state index contributed by atoms with van der Waals surface area (Å²) in [5.41, 5.74) is 6.23. The van der Waals surface area contributed by atoms with E-state index >= 15 is 0 Å². The first-order valence-corrected chi connectivity index (χ1v) is 7.50. The molecule has 5 N–H and O–H groups in total. The third-order valence-electron chi connectivity index (χ3n) is 2.51. The van der Waals surface area contributed by atoms with Crippen molar-refractivity contribution in [3.05, 3.63) is 18.2 Å². The van der Waals surface area contributed by atoms with Crippen molar-refractivity contribution >= 4 is 21.4 Å². The number of primary sulfonamides is 1. The van der Waals surface area contributed by atoms with Gasteiger partial charge in [-0.3, -0.25) is 0 Å². The zero-order valence-electron chi connectivity index (χ0n) is 11.4. The molecule has 6 nitrogen and oxygen atoms in total. The van der Waals surface area contributed by atoms with Crippen molar-refractivity contribution < 1.29 is 13.2 Å². The normalized spacial score (nSPS) is 12.4. The molecule has 0 aliphatic heterocycles. The van der Waals surface area contributed by atoms with Gasteiger partial charge in [0.1, 0.15) is 0 Å². The molecule has 0 aliphatic carbocycles. The third kappa shape index (κ3) is 5.06. The number of benzene rings is 1. The summed E-state index contributed by atoms with van der Waals surface area (Å²) in [5, 5.41) is 8.19. The summed E-state index contributed by atoms with van der Waals surface area (Å²) in [6.07, 6.45) is 0. The van der Waals surface area contributed by atoms with Crippen molar-refractivity contribution in [1.82, 2.24) is 0 Å². The Kier molecular flexibility index (Phi) is 4.78. The molecule has 19 heavy (non-hydrogen) atoms. The number of sulfonamides is 1. The fourth-order valence-electron chi connectivity index (χ4n) is 1.65. The zero-order chi connectivity index (χ0) is 14.7. The van der Waals surface area contributed by atoms with Gasteiger partial charge < -0.3 is 15.8 Å². The van der Waals surface area contributed by atoms with E-state index in [4.69, 9.17) is 15.6 Å². The summed E-state index contributed by atoms with van der Waals surface area (Å²) >= 11 is 0. The van der Waals surface area contributed by atoms with E-state index in [0.29, 0.717) is 24.5 Å². The van der Waals surface area contributed by atoms with Crippen molar-refractivity contribution in [2.24, 2.45) is 5.14 Å². The number of hydrogen-bond acceptors (Lipinski definition) is 5. The molecule has 0 atom stereocenters. The number of anilines is 2. The molecule has 0 radical (unpaired) electrons. The highest BCUT2D eigenvalue weighted by molar-refractivity contribution is 7.89. The largest absolute Gasteiger partial charge is 0.399 e. The van der Waals surface area contributed by atoms with Crippen molar-refractivity contribution in [2.45, 2.75) is 31.3 Å². The fraction of sp³-hybridized carbons (Fsp3) is 0.500. The Hall–Kier alpha value is -1.31. The van der Waals surface area contributed by atoms with E-state index in [0.717, 1.165) is 0 Å². The lowest BCUT2D eigenvalue weighted by molar-refractivity contribution is 0.000696. The molecule has 1 aromatic rings. The maximum Gasteiger partial charge on any atom is 0.238 e. The van der Waals surface area contributed by atoms with E-state index in [9.17, 15) is 8.42 Å². The van der Waals surface area contributed by atoms with E-state index in [1.165, 1.54) is 12.1 Å². The number of rotatable bonds is 6. The van der Waals surface area contributed by atoms with Gasteiger partial charge in [0.2, 0.25) is 10.0 Å². The van der Waals surface area contributed by atoms with Gasteiger partial charge in [-0.05, 0) is 39.0 Å². The van der Waals surface area contributed by atoms with Gasteiger partial charge >= 0.3 is 0 Å². The van der Waals surface area contributed by atoms with Crippen LogP contribution < -0.4 is 16.2 Å². The smallest absolute Gasteiger partial charge is 0.238 e. The van der Waals surface area contributed by atoms with E-state index in [1.54, 1.807) is 6.07 Å². The van der Waals surface area contributed by atoms with Gasteiger partial charge in [0.15, 0.2) is 0 Å². The standard InChI is InChI=1S/C12H21N3O3S/c1-4-18-12(2,3)8-15-10-5-9(13)6-11(7-10)19(14,16)17/h5-7,15H,4,8,13H2,1-3H3,(H2,14,16,17). The van der Waals surface area contributed by atoms with Crippen LogP contribution in [-0.4, -0.2) is 27.2 Å². The Morgan fingerprint density at radius 1 is 1.32 bits per heavy atom. The lowest BCUT2D eigenvalue weighted by Crippen LogP contribution is -2.33. The number of nitrogen functional groups attached to an aromatic ring is 1. The van der Waals surface area contributed by atoms with E-state index in [2.05, 4.69) is 5.32 Å². The van der Waals surface area contributed by atoms with Gasteiger partial charge in [-0.25, -0.2) is 13.6 Å². The van der Waals surface area contributed by atoms with E-state index in [-0.39, 0.29) is 10.5 Å². The molecule has 0 unspecified atom stereocenters. The van der Waals surface area contributed by atoms with Gasteiger partial charge in [0, 0.05) is 24.5 Å². The van der Waals surface area contributed by atoms with Crippen LogP contribution in [0.3, 0.4) is 0 Å². The van der Waals surface area contributed by atoms with Crippen LogP contribution in [-0.2, 0) is 14.8 Å². The Morgan fingerprint density at radius 2 is 1.95 bits per heavy atom. The molecule has 108 valence electrons. The van der Waals surface area contributed by atoms with Crippen LogP contribution in [0.25, 0.3) is 0 Å². The first-order valence-electron chi connectivity index (χ1n) is 5.95. The molecule has 0 spiro atoms. The summed E-state index contributed by atoms with van der Waals surface area (Å²) in [6, 6.07) is 4.43. The molecular formula is C12H21N3O3S. The molecule has 0 bridgehead atoms. The average molecular weight is 287 g/mol. The highest BCUT2D eigenvalue weighted by atomic mass is 32.2. The quantitative estimate of drug-likeness (QED) is 0.680. The number of ether oxygens (including phenoxy) is 1. The van der Waals surface area contributed by atoms with Gasteiger partial charge in [-0.15, -0.1) is 0 Å². The SMILES string of the molecule is CCOC(C)(C)CNc1cc(N)cc(S(N)(=O)=O)c1. The van der Waals surface area contributed by atoms with Crippen molar-refractivity contribution in [3.8, 4) is 0 Å². The van der Waals surface area contributed by atoms with Gasteiger partial charge in [0.25, 0.3) is 0 Å². The first kappa shape index (κ1) is 15.7. The predicted octanol–water partition coefficient (Wildman–Crippen LogP) is 1.14. The summed E-state index contributed by atoms with van der Waals surface area (Å²) in [7, 11) is -3.76. The average Bonchev–Trinajstić information content (AvgIpc) is 2.24. The second kappa shape index (κ2) is 5.77. The molecule has 1 aromatic carbocycles. The minimum Gasteiger partial charge on any atom is -0.399 e. The maximum absolute atomic E-state index is 11.3. The van der Waals surface area contributed by atoms with Gasteiger partial charge in [-0.2, -0.15) is 0 Å². The highest BCUT2D eigenvalue weighted by Crippen LogP contribution is 2.20. The lowest BCUT2D eigenvalue weighted by Gasteiger charge is -2.25. The zero-order valence-corrected chi connectivity index (χ0v) is 12.3. The molecule has 1 rings (SSSR count). The van der Waals surface area contributed by atoms with Crippen molar-refractivity contribution in [3.63, 3.8) is 0 Å². The van der Waals surface area contributed by atoms with Crippen LogP contribution in [0.2, 0.25) is 0 Å². The summed E-state index contributed by atoms with van der Waals surface area (Å²) in [6.45, 7) is 6.93. The Morgan fingerprint density at radius 3 is 2.47 bits per heavy atom. The second-order valence-corrected chi connectivity index (χ2v) is 6.44. The van der Waals surface area contributed by atoms with E-state index in [1.807, 2.05) is 20.8 Å². The second-order valence-electron chi connectivity index (χ2n) is 4.88. The topological polar surface area (TPSA) is 107 Å². The van der Waals surface area contributed by atoms with Crippen LogP contribution in [0, 0.1) is 0 Å². The third-order valence-corrected chi connectivity index (χ3v) is 3.40. The molecule has 0 aromatic heterocycles. The van der Waals surface area contributed by atoms with Crippen LogP contribution >= 0.6 is 0 Å². The van der Waals surface area contributed by atoms with Crippen LogP contribution in [0.5, 0.6) is 0 Å². The van der Waals surface area contributed by atoms with Crippen LogP contribution in [0.15, 0.2) is 23.1 Å². The minimum absolute atomic E-state index is 0.00999. The summed E-state index contributed by atoms with van der Waals surface area (Å²) in [5.74, 6) is 0. The maximum atomic E-state index is 11.3. The lowest BCUT2D eigenvalue weighted by atomic mass is 10.1. The number of hydrogen-bond donors (Lipinski definition) is 3. The molecule has 0 heterocycles. The Labute approximate surface area is 114 Å². The molecule has 7 heteroatoms. The van der Waals surface area contributed by atoms with Crippen molar-refractivity contribution in [2.75, 3.05) is 24.2 Å². The summed E-state index contributed by atoms with van der Waals surface area (Å²) in [4.78, 5) is -0.00999. The molecule has 0 fully saturated rings. The fourth-order valence-corrected chi connectivity index (χ4v) is 2.24. The van der Waals surface area contributed by atoms with Gasteiger partial charge in [-0.1, -0.05) is 0 Å². The Bertz CT molecular complexity index is 541. The predicted molar refractivity (Wildman–Crippen MR) is 76.4 cm³/mol. The molecule has 0 saturated heterocycles. The van der Waals surface area contributed by atoms with Gasteiger partial charge in [0.05, 0.1) is 10.5 Å². The minimum atomic E-state index is -3.76. The van der Waals surface area contributed by atoms with Crippen molar-refractivity contribution in [1.29, 1.82) is 0 Å². The molecule has 0 amide bonds. The Balaban J connectivity index is 2.88. The van der Waals surface area contributed by atoms with E-state index < -0.39 is 10.0 Å². The van der Waals surface area contributed by atoms with Crippen LogP contribution in [0.1, 0.15) is 20.8 Å².